The predicted molar refractivity (Wildman–Crippen MR) is 77.9 cm³/mol. The molecule has 0 radical (unpaired) electrons. The lowest BCUT2D eigenvalue weighted by atomic mass is 10.2. The summed E-state index contributed by atoms with van der Waals surface area (Å²) in [7, 11) is 0. The third-order valence-corrected chi connectivity index (χ3v) is 3.40. The summed E-state index contributed by atoms with van der Waals surface area (Å²) < 4.78 is 0. The average Bonchev–Trinajstić information content (AvgIpc) is 3.14. The fourth-order valence-corrected chi connectivity index (χ4v) is 2.23. The van der Waals surface area contributed by atoms with Gasteiger partial charge in [0, 0.05) is 12.6 Å². The molecule has 1 heterocycles. The molecule has 0 saturated heterocycles. The molecule has 110 valence electrons. The summed E-state index contributed by atoms with van der Waals surface area (Å²) in [5.41, 5.74) is -0.0609. The Labute approximate surface area is 118 Å². The molecule has 7 heteroatoms. The van der Waals surface area contributed by atoms with Crippen molar-refractivity contribution in [3.8, 4) is 0 Å². The van der Waals surface area contributed by atoms with E-state index >= 15 is 0 Å². The van der Waals surface area contributed by atoms with E-state index in [2.05, 4.69) is 27.5 Å². The van der Waals surface area contributed by atoms with Crippen molar-refractivity contribution in [1.29, 1.82) is 0 Å². The Morgan fingerprint density at radius 3 is 2.90 bits per heavy atom. The van der Waals surface area contributed by atoms with Crippen LogP contribution < -0.4 is 10.6 Å². The fourth-order valence-electron chi connectivity index (χ4n) is 2.23. The van der Waals surface area contributed by atoms with Gasteiger partial charge in [-0.2, -0.15) is 4.98 Å². The Hall–Kier alpha value is -1.92. The Morgan fingerprint density at radius 2 is 2.25 bits per heavy atom. The van der Waals surface area contributed by atoms with Gasteiger partial charge in [-0.05, 0) is 25.2 Å². The highest BCUT2D eigenvalue weighted by Crippen LogP contribution is 2.38. The molecule has 0 aromatic carbocycles. The Bertz CT molecular complexity index is 480. The molecule has 1 fully saturated rings. The number of hydrogen-bond donors (Lipinski definition) is 2. The predicted octanol–water partition coefficient (Wildman–Crippen LogP) is 2.81. The second kappa shape index (κ2) is 6.49. The number of anilines is 2. The largest absolute Gasteiger partial charge is 0.361 e. The first-order valence-corrected chi connectivity index (χ1v) is 7.17. The van der Waals surface area contributed by atoms with Gasteiger partial charge in [0.2, 0.25) is 11.8 Å². The van der Waals surface area contributed by atoms with Gasteiger partial charge in [0.25, 0.3) is 0 Å². The Morgan fingerprint density at radius 1 is 1.45 bits per heavy atom. The van der Waals surface area contributed by atoms with Crippen LogP contribution in [0.15, 0.2) is 6.20 Å². The second-order valence-electron chi connectivity index (χ2n) is 5.15. The third kappa shape index (κ3) is 3.55. The van der Waals surface area contributed by atoms with E-state index in [1.165, 1.54) is 6.20 Å². The molecule has 2 N–H and O–H groups in total. The van der Waals surface area contributed by atoms with Crippen molar-refractivity contribution in [2.75, 3.05) is 17.2 Å². The van der Waals surface area contributed by atoms with Crippen molar-refractivity contribution >= 4 is 17.5 Å². The molecular weight excluding hydrogens is 258 g/mol. The van der Waals surface area contributed by atoms with Gasteiger partial charge in [0.1, 0.15) is 6.20 Å². The fraction of sp³-hybridized carbons (Fsp3) is 0.692. The standard InChI is InChI=1S/C13H21N5O2/c1-3-5-9-7-10(9)16-12-11(18(19)20)8-15-13(17-12)14-6-4-2/h8-10H,3-7H2,1-2H3,(H2,14,15,16,17). The van der Waals surface area contributed by atoms with Crippen LogP contribution in [0.1, 0.15) is 39.5 Å². The van der Waals surface area contributed by atoms with Crippen LogP contribution >= 0.6 is 0 Å². The van der Waals surface area contributed by atoms with E-state index in [0.717, 1.165) is 32.2 Å². The lowest BCUT2D eigenvalue weighted by Crippen LogP contribution is -2.12. The number of hydrogen-bond acceptors (Lipinski definition) is 6. The van der Waals surface area contributed by atoms with Gasteiger partial charge in [-0.3, -0.25) is 10.1 Å². The average molecular weight is 279 g/mol. The molecule has 1 aliphatic rings. The van der Waals surface area contributed by atoms with Crippen molar-refractivity contribution in [1.82, 2.24) is 9.97 Å². The topological polar surface area (TPSA) is 93.0 Å². The molecule has 1 saturated carbocycles. The molecule has 0 aliphatic heterocycles. The number of nitrogens with zero attached hydrogens (tertiary/aromatic N) is 3. The lowest BCUT2D eigenvalue weighted by molar-refractivity contribution is -0.384. The summed E-state index contributed by atoms with van der Waals surface area (Å²) in [6.45, 7) is 4.94. The van der Waals surface area contributed by atoms with E-state index in [-0.39, 0.29) is 5.69 Å². The van der Waals surface area contributed by atoms with Crippen molar-refractivity contribution in [2.45, 2.75) is 45.6 Å². The number of aromatic nitrogens is 2. The monoisotopic (exact) mass is 279 g/mol. The molecule has 7 nitrogen and oxygen atoms in total. The van der Waals surface area contributed by atoms with Gasteiger partial charge in [-0.25, -0.2) is 4.98 Å². The zero-order valence-corrected chi connectivity index (χ0v) is 11.9. The summed E-state index contributed by atoms with van der Waals surface area (Å²) in [6.07, 6.45) is 5.57. The van der Waals surface area contributed by atoms with Gasteiger partial charge >= 0.3 is 5.69 Å². The van der Waals surface area contributed by atoms with Gasteiger partial charge in [-0.1, -0.05) is 20.3 Å². The Balaban J connectivity index is 2.09. The molecule has 2 unspecified atom stereocenters. The minimum atomic E-state index is -0.441. The van der Waals surface area contributed by atoms with Crippen LogP contribution in [0.2, 0.25) is 0 Å². The number of nitrogens with one attached hydrogen (secondary N) is 2. The van der Waals surface area contributed by atoms with Crippen LogP contribution in [0.25, 0.3) is 0 Å². The van der Waals surface area contributed by atoms with Crippen molar-refractivity contribution in [2.24, 2.45) is 5.92 Å². The highest BCUT2D eigenvalue weighted by molar-refractivity contribution is 5.58. The maximum absolute atomic E-state index is 11.0. The first-order valence-electron chi connectivity index (χ1n) is 7.17. The molecule has 20 heavy (non-hydrogen) atoms. The zero-order valence-electron chi connectivity index (χ0n) is 11.9. The molecule has 1 aromatic heterocycles. The van der Waals surface area contributed by atoms with E-state index < -0.39 is 4.92 Å². The van der Waals surface area contributed by atoms with Crippen LogP contribution in [0, 0.1) is 16.0 Å². The quantitative estimate of drug-likeness (QED) is 0.561. The minimum absolute atomic E-state index is 0.0609. The summed E-state index contributed by atoms with van der Waals surface area (Å²) in [6, 6.07) is 0.308. The Kier molecular flexibility index (Phi) is 4.70. The number of nitro groups is 1. The molecule has 1 aliphatic carbocycles. The van der Waals surface area contributed by atoms with Gasteiger partial charge in [-0.15, -0.1) is 0 Å². The van der Waals surface area contributed by atoms with Crippen LogP contribution in [0.5, 0.6) is 0 Å². The molecule has 2 atom stereocenters. The molecule has 0 amide bonds. The van der Waals surface area contributed by atoms with Crippen LogP contribution in [-0.2, 0) is 0 Å². The van der Waals surface area contributed by atoms with Crippen LogP contribution in [0.4, 0.5) is 17.5 Å². The highest BCUT2D eigenvalue weighted by Gasteiger charge is 2.37. The second-order valence-corrected chi connectivity index (χ2v) is 5.15. The minimum Gasteiger partial charge on any atom is -0.361 e. The van der Waals surface area contributed by atoms with Crippen molar-refractivity contribution < 1.29 is 4.92 Å². The maximum atomic E-state index is 11.0. The van der Waals surface area contributed by atoms with Crippen LogP contribution in [0.3, 0.4) is 0 Å². The molecule has 0 spiro atoms. The van der Waals surface area contributed by atoms with E-state index in [1.807, 2.05) is 6.92 Å². The highest BCUT2D eigenvalue weighted by atomic mass is 16.6. The first kappa shape index (κ1) is 14.5. The first-order chi connectivity index (χ1) is 9.65. The van der Waals surface area contributed by atoms with E-state index in [4.69, 9.17) is 0 Å². The van der Waals surface area contributed by atoms with E-state index in [1.54, 1.807) is 0 Å². The molecule has 0 bridgehead atoms. The van der Waals surface area contributed by atoms with E-state index in [9.17, 15) is 10.1 Å². The molecule has 2 rings (SSSR count). The van der Waals surface area contributed by atoms with Crippen LogP contribution in [-0.4, -0.2) is 27.5 Å². The summed E-state index contributed by atoms with van der Waals surface area (Å²) in [4.78, 5) is 18.8. The molecular formula is C13H21N5O2. The van der Waals surface area contributed by atoms with Gasteiger partial charge in [0.15, 0.2) is 0 Å². The lowest BCUT2D eigenvalue weighted by Gasteiger charge is -2.08. The maximum Gasteiger partial charge on any atom is 0.329 e. The summed E-state index contributed by atoms with van der Waals surface area (Å²) in [5.74, 6) is 1.38. The zero-order chi connectivity index (χ0) is 14.5. The smallest absolute Gasteiger partial charge is 0.329 e. The third-order valence-electron chi connectivity index (χ3n) is 3.40. The van der Waals surface area contributed by atoms with E-state index in [0.29, 0.717) is 23.7 Å². The SMILES string of the molecule is CCCNc1ncc([N+](=O)[O-])c(NC2CC2CCC)n1. The summed E-state index contributed by atoms with van der Waals surface area (Å²) in [5, 5.41) is 17.3. The number of rotatable bonds is 8. The molecule has 1 aromatic rings. The van der Waals surface area contributed by atoms with Crippen molar-refractivity contribution in [3.63, 3.8) is 0 Å². The normalized spacial score (nSPS) is 20.5. The van der Waals surface area contributed by atoms with Gasteiger partial charge in [0.05, 0.1) is 4.92 Å². The van der Waals surface area contributed by atoms with Gasteiger partial charge < -0.3 is 10.6 Å². The van der Waals surface area contributed by atoms with Crippen molar-refractivity contribution in [3.05, 3.63) is 16.3 Å². The summed E-state index contributed by atoms with van der Waals surface area (Å²) >= 11 is 0.